The number of ether oxygens (including phenoxy) is 1. The number of methoxy groups -OCH3 is 1. The van der Waals surface area contributed by atoms with Gasteiger partial charge >= 0.3 is 0 Å². The summed E-state index contributed by atoms with van der Waals surface area (Å²) < 4.78 is 5.60. The number of anilines is 1. The Morgan fingerprint density at radius 3 is 2.83 bits per heavy atom. The van der Waals surface area contributed by atoms with E-state index >= 15 is 0 Å². The zero-order valence-corrected chi connectivity index (χ0v) is 16.7. The van der Waals surface area contributed by atoms with Gasteiger partial charge in [0.05, 0.1) is 23.5 Å². The summed E-state index contributed by atoms with van der Waals surface area (Å²) in [5.41, 5.74) is 4.25. The number of nitrogens with one attached hydrogen (secondary N) is 2. The second kappa shape index (κ2) is 7.25. The third-order valence-corrected chi connectivity index (χ3v) is 5.43. The molecule has 0 radical (unpaired) electrons. The summed E-state index contributed by atoms with van der Waals surface area (Å²) >= 11 is 0. The van der Waals surface area contributed by atoms with Crippen molar-refractivity contribution in [2.45, 2.75) is 18.9 Å². The SMILES string of the molecule is COc1nc(N[C@H]2CCC(=O)N(C)C2)nc2[nH]cc(-c3ccc4nccnc4c3)c12. The lowest BCUT2D eigenvalue weighted by molar-refractivity contribution is -0.132. The largest absolute Gasteiger partial charge is 0.480 e. The molecule has 1 aromatic carbocycles. The van der Waals surface area contributed by atoms with Crippen LogP contribution < -0.4 is 10.1 Å². The maximum Gasteiger partial charge on any atom is 0.228 e. The molecule has 1 fully saturated rings. The molecule has 3 aromatic heterocycles. The normalized spacial score (nSPS) is 16.9. The van der Waals surface area contributed by atoms with Gasteiger partial charge in [-0.3, -0.25) is 14.8 Å². The van der Waals surface area contributed by atoms with Crippen molar-refractivity contribution < 1.29 is 9.53 Å². The van der Waals surface area contributed by atoms with Crippen LogP contribution in [-0.2, 0) is 4.79 Å². The predicted octanol–water partition coefficient (Wildman–Crippen LogP) is 2.61. The van der Waals surface area contributed by atoms with E-state index in [2.05, 4.69) is 30.2 Å². The summed E-state index contributed by atoms with van der Waals surface area (Å²) in [7, 11) is 3.41. The molecule has 0 saturated carbocycles. The molecule has 4 heterocycles. The van der Waals surface area contributed by atoms with Crippen LogP contribution in [0.2, 0.25) is 0 Å². The number of amides is 1. The first-order valence-electron chi connectivity index (χ1n) is 9.77. The lowest BCUT2D eigenvalue weighted by atomic mass is 10.1. The van der Waals surface area contributed by atoms with E-state index in [-0.39, 0.29) is 11.9 Å². The standard InChI is InChI=1S/C21H21N7O2/c1-28-11-13(4-6-17(28)29)25-21-26-19-18(20(27-21)30-2)14(10-24-19)12-3-5-15-16(9-12)23-8-7-22-15/h3,5,7-10,13H,4,6,11H2,1-2H3,(H2,24,25,26,27)/t13-/m0/s1. The van der Waals surface area contributed by atoms with Crippen molar-refractivity contribution in [3.8, 4) is 17.0 Å². The summed E-state index contributed by atoms with van der Waals surface area (Å²) in [6.07, 6.45) is 6.53. The van der Waals surface area contributed by atoms with E-state index in [0.29, 0.717) is 30.4 Å². The molecule has 5 rings (SSSR count). The number of likely N-dealkylation sites (tertiary alicyclic amines) is 1. The van der Waals surface area contributed by atoms with Gasteiger partial charge in [-0.25, -0.2) is 0 Å². The number of aromatic amines is 1. The fourth-order valence-electron chi connectivity index (χ4n) is 3.88. The summed E-state index contributed by atoms with van der Waals surface area (Å²) in [6, 6.07) is 6.04. The Morgan fingerprint density at radius 1 is 1.20 bits per heavy atom. The van der Waals surface area contributed by atoms with Gasteiger partial charge in [-0.2, -0.15) is 9.97 Å². The van der Waals surface area contributed by atoms with Crippen LogP contribution in [0.5, 0.6) is 5.88 Å². The van der Waals surface area contributed by atoms with Crippen molar-refractivity contribution in [3.05, 3.63) is 36.8 Å². The van der Waals surface area contributed by atoms with Crippen LogP contribution in [0.3, 0.4) is 0 Å². The Labute approximate surface area is 172 Å². The zero-order chi connectivity index (χ0) is 20.7. The van der Waals surface area contributed by atoms with Gasteiger partial charge in [0.15, 0.2) is 0 Å². The molecule has 1 atom stereocenters. The summed E-state index contributed by atoms with van der Waals surface area (Å²) in [5.74, 6) is 1.12. The first-order valence-corrected chi connectivity index (χ1v) is 9.77. The maximum atomic E-state index is 11.7. The van der Waals surface area contributed by atoms with Crippen LogP contribution in [-0.4, -0.2) is 62.5 Å². The van der Waals surface area contributed by atoms with Crippen LogP contribution in [0.4, 0.5) is 5.95 Å². The number of hydrogen-bond acceptors (Lipinski definition) is 7. The number of likely N-dealkylation sites (N-methyl/N-ethyl adjacent to an activating group) is 1. The van der Waals surface area contributed by atoms with Gasteiger partial charge in [0.2, 0.25) is 17.7 Å². The second-order valence-electron chi connectivity index (χ2n) is 7.40. The van der Waals surface area contributed by atoms with Crippen LogP contribution in [0.1, 0.15) is 12.8 Å². The molecule has 0 aliphatic carbocycles. The van der Waals surface area contributed by atoms with E-state index in [1.54, 1.807) is 24.4 Å². The highest BCUT2D eigenvalue weighted by Gasteiger charge is 2.24. The van der Waals surface area contributed by atoms with Gasteiger partial charge in [0.1, 0.15) is 5.65 Å². The van der Waals surface area contributed by atoms with Crippen molar-refractivity contribution >= 4 is 33.9 Å². The van der Waals surface area contributed by atoms with E-state index in [0.717, 1.165) is 34.0 Å². The molecule has 1 saturated heterocycles. The second-order valence-corrected chi connectivity index (χ2v) is 7.40. The minimum Gasteiger partial charge on any atom is -0.480 e. The number of carbonyl (C=O) groups excluding carboxylic acids is 1. The molecule has 1 aliphatic heterocycles. The molecular weight excluding hydrogens is 382 g/mol. The zero-order valence-electron chi connectivity index (χ0n) is 16.7. The average Bonchev–Trinajstić information content (AvgIpc) is 3.19. The number of nitrogens with zero attached hydrogens (tertiary/aromatic N) is 5. The molecule has 0 unspecified atom stereocenters. The number of rotatable bonds is 4. The Hall–Kier alpha value is -3.75. The fourth-order valence-corrected chi connectivity index (χ4v) is 3.88. The van der Waals surface area contributed by atoms with E-state index in [1.165, 1.54) is 0 Å². The van der Waals surface area contributed by atoms with Gasteiger partial charge in [-0.1, -0.05) is 6.07 Å². The molecule has 30 heavy (non-hydrogen) atoms. The third-order valence-electron chi connectivity index (χ3n) is 5.43. The monoisotopic (exact) mass is 403 g/mol. The van der Waals surface area contributed by atoms with Crippen molar-refractivity contribution in [1.29, 1.82) is 0 Å². The summed E-state index contributed by atoms with van der Waals surface area (Å²) in [4.78, 5) is 34.6. The van der Waals surface area contributed by atoms with Crippen LogP contribution in [0, 0.1) is 0 Å². The van der Waals surface area contributed by atoms with Crippen molar-refractivity contribution in [2.75, 3.05) is 26.0 Å². The molecule has 0 bridgehead atoms. The molecular formula is C21H21N7O2. The quantitative estimate of drug-likeness (QED) is 0.539. The van der Waals surface area contributed by atoms with Crippen molar-refractivity contribution in [3.63, 3.8) is 0 Å². The molecule has 9 nitrogen and oxygen atoms in total. The maximum absolute atomic E-state index is 11.7. The molecule has 1 aliphatic rings. The van der Waals surface area contributed by atoms with Crippen LogP contribution in [0.15, 0.2) is 36.8 Å². The smallest absolute Gasteiger partial charge is 0.228 e. The minimum absolute atomic E-state index is 0.100. The van der Waals surface area contributed by atoms with Crippen LogP contribution >= 0.6 is 0 Å². The highest BCUT2D eigenvalue weighted by molar-refractivity contribution is 5.99. The van der Waals surface area contributed by atoms with Crippen molar-refractivity contribution in [1.82, 2.24) is 29.8 Å². The van der Waals surface area contributed by atoms with Crippen LogP contribution in [0.25, 0.3) is 33.2 Å². The topological polar surface area (TPSA) is 109 Å². The van der Waals surface area contributed by atoms with E-state index in [1.807, 2.05) is 31.4 Å². The number of aromatic nitrogens is 5. The number of hydrogen-bond donors (Lipinski definition) is 2. The first kappa shape index (κ1) is 18.3. The Balaban J connectivity index is 1.52. The number of carbonyl (C=O) groups is 1. The summed E-state index contributed by atoms with van der Waals surface area (Å²) in [6.45, 7) is 0.622. The third kappa shape index (κ3) is 3.18. The number of benzene rings is 1. The first-order chi connectivity index (χ1) is 14.6. The van der Waals surface area contributed by atoms with Crippen molar-refractivity contribution in [2.24, 2.45) is 0 Å². The number of fused-ring (bicyclic) bond motifs is 2. The molecule has 152 valence electrons. The average molecular weight is 403 g/mol. The number of piperidine rings is 1. The molecule has 1 amide bonds. The highest BCUT2D eigenvalue weighted by atomic mass is 16.5. The Morgan fingerprint density at radius 2 is 2.03 bits per heavy atom. The molecule has 0 spiro atoms. The van der Waals surface area contributed by atoms with Gasteiger partial charge in [0.25, 0.3) is 0 Å². The Bertz CT molecular complexity index is 1250. The van der Waals surface area contributed by atoms with Gasteiger partial charge in [0, 0.05) is 50.2 Å². The molecule has 9 heteroatoms. The lowest BCUT2D eigenvalue weighted by Crippen LogP contribution is -2.43. The molecule has 4 aromatic rings. The lowest BCUT2D eigenvalue weighted by Gasteiger charge is -2.30. The van der Waals surface area contributed by atoms with E-state index in [9.17, 15) is 4.79 Å². The van der Waals surface area contributed by atoms with E-state index < -0.39 is 0 Å². The summed E-state index contributed by atoms with van der Waals surface area (Å²) in [5, 5.41) is 4.15. The number of H-pyrrole nitrogens is 1. The minimum atomic E-state index is 0.100. The highest BCUT2D eigenvalue weighted by Crippen LogP contribution is 2.35. The van der Waals surface area contributed by atoms with E-state index in [4.69, 9.17) is 4.74 Å². The predicted molar refractivity (Wildman–Crippen MR) is 113 cm³/mol. The van der Waals surface area contributed by atoms with Gasteiger partial charge < -0.3 is 19.9 Å². The van der Waals surface area contributed by atoms with Gasteiger partial charge in [-0.15, -0.1) is 0 Å². The fraction of sp³-hybridized carbons (Fsp3) is 0.286. The van der Waals surface area contributed by atoms with Gasteiger partial charge in [-0.05, 0) is 24.1 Å². The molecule has 2 N–H and O–H groups in total. The Kier molecular flexibility index (Phi) is 4.42.